The van der Waals surface area contributed by atoms with E-state index >= 15 is 0 Å². The molecule has 0 unspecified atom stereocenters. The lowest BCUT2D eigenvalue weighted by Crippen LogP contribution is -2.34. The zero-order valence-electron chi connectivity index (χ0n) is 18.4. The summed E-state index contributed by atoms with van der Waals surface area (Å²) in [5.74, 6) is 0.928. The molecule has 1 aromatic carbocycles. The largest absolute Gasteiger partial charge is 0.354 e. The summed E-state index contributed by atoms with van der Waals surface area (Å²) in [4.78, 5) is 22.7. The molecule has 0 aliphatic carbocycles. The van der Waals surface area contributed by atoms with Crippen LogP contribution in [-0.2, 0) is 7.05 Å². The van der Waals surface area contributed by atoms with Crippen molar-refractivity contribution in [1.29, 1.82) is 0 Å². The summed E-state index contributed by atoms with van der Waals surface area (Å²) in [5, 5.41) is 7.51. The van der Waals surface area contributed by atoms with Crippen LogP contribution in [0.5, 0.6) is 0 Å². The zero-order chi connectivity index (χ0) is 22.4. The summed E-state index contributed by atoms with van der Waals surface area (Å²) < 4.78 is 4.81. The Labute approximate surface area is 189 Å². The molecule has 0 saturated heterocycles. The van der Waals surface area contributed by atoms with Crippen molar-refractivity contribution < 1.29 is 4.79 Å². The third-order valence-corrected chi connectivity index (χ3v) is 6.49. The minimum absolute atomic E-state index is 0.0795. The lowest BCUT2D eigenvalue weighted by Gasteiger charge is -2.12. The van der Waals surface area contributed by atoms with Gasteiger partial charge in [0.1, 0.15) is 5.82 Å². The highest BCUT2D eigenvalue weighted by Crippen LogP contribution is 2.37. The Morgan fingerprint density at radius 3 is 2.69 bits per heavy atom. The second kappa shape index (κ2) is 7.80. The molecule has 0 aliphatic rings. The number of amides is 1. The molecule has 4 aromatic heterocycles. The number of fused-ring (bicyclic) bond motifs is 2. The molecule has 0 radical (unpaired) electrons. The summed E-state index contributed by atoms with van der Waals surface area (Å²) >= 11 is 1.67. The van der Waals surface area contributed by atoms with E-state index in [1.165, 1.54) is 0 Å². The average molecular weight is 445 g/mol. The number of nitrogens with one attached hydrogen (secondary N) is 2. The molecule has 1 amide bonds. The number of aryl methyl sites for hydroxylation is 2. The highest BCUT2D eigenvalue weighted by molar-refractivity contribution is 7.22. The van der Waals surface area contributed by atoms with Crippen LogP contribution in [-0.4, -0.2) is 31.2 Å². The van der Waals surface area contributed by atoms with Gasteiger partial charge in [-0.15, -0.1) is 11.3 Å². The standard InChI is InChI=1S/C24H24N6OS/c1-14(2)27-24(31)30-15(3)11-16-12-17(5-6-20(16)30)28-18-7-8-25-19-13-21(32-22(18)19)23-26-9-10-29(23)4/h5-14H,1-4H3,(H,25,28)(H,27,31). The maximum Gasteiger partial charge on any atom is 0.326 e. The van der Waals surface area contributed by atoms with Gasteiger partial charge in [0.05, 0.1) is 26.3 Å². The number of hydrogen-bond donors (Lipinski definition) is 2. The van der Waals surface area contributed by atoms with E-state index in [-0.39, 0.29) is 12.1 Å². The van der Waals surface area contributed by atoms with Crippen LogP contribution in [0.3, 0.4) is 0 Å². The predicted molar refractivity (Wildman–Crippen MR) is 131 cm³/mol. The van der Waals surface area contributed by atoms with Gasteiger partial charge in [-0.25, -0.2) is 9.78 Å². The molecule has 4 heterocycles. The van der Waals surface area contributed by atoms with E-state index in [9.17, 15) is 4.79 Å². The first-order valence-electron chi connectivity index (χ1n) is 10.5. The number of imidazole rings is 1. The highest BCUT2D eigenvalue weighted by Gasteiger charge is 2.15. The van der Waals surface area contributed by atoms with Crippen LogP contribution in [0.15, 0.2) is 55.0 Å². The summed E-state index contributed by atoms with van der Waals surface area (Å²) in [6.07, 6.45) is 5.56. The van der Waals surface area contributed by atoms with Gasteiger partial charge in [0.2, 0.25) is 0 Å². The van der Waals surface area contributed by atoms with Crippen LogP contribution in [0.4, 0.5) is 16.2 Å². The second-order valence-electron chi connectivity index (χ2n) is 8.17. The van der Waals surface area contributed by atoms with Gasteiger partial charge in [0, 0.05) is 48.4 Å². The molecule has 0 aliphatic heterocycles. The molecule has 162 valence electrons. The van der Waals surface area contributed by atoms with Crippen molar-refractivity contribution in [3.8, 4) is 10.7 Å². The molecule has 5 aromatic rings. The van der Waals surface area contributed by atoms with E-state index in [4.69, 9.17) is 0 Å². The minimum Gasteiger partial charge on any atom is -0.354 e. The molecule has 0 bridgehead atoms. The lowest BCUT2D eigenvalue weighted by molar-refractivity contribution is 0.240. The van der Waals surface area contributed by atoms with Crippen LogP contribution in [0.1, 0.15) is 19.5 Å². The van der Waals surface area contributed by atoms with Gasteiger partial charge in [0.25, 0.3) is 0 Å². The quantitative estimate of drug-likeness (QED) is 0.374. The molecule has 32 heavy (non-hydrogen) atoms. The molecule has 8 heteroatoms. The second-order valence-corrected chi connectivity index (χ2v) is 9.22. The van der Waals surface area contributed by atoms with Crippen molar-refractivity contribution in [3.05, 3.63) is 60.7 Å². The van der Waals surface area contributed by atoms with E-state index in [0.29, 0.717) is 0 Å². The number of benzene rings is 1. The minimum atomic E-state index is -0.107. The fourth-order valence-electron chi connectivity index (χ4n) is 3.92. The maximum absolute atomic E-state index is 12.6. The van der Waals surface area contributed by atoms with Crippen molar-refractivity contribution in [2.24, 2.45) is 7.05 Å². The number of carbonyl (C=O) groups excluding carboxylic acids is 1. The first kappa shape index (κ1) is 20.3. The molecule has 0 saturated carbocycles. The van der Waals surface area contributed by atoms with Crippen LogP contribution in [0, 0.1) is 6.92 Å². The molecule has 0 spiro atoms. The van der Waals surface area contributed by atoms with E-state index in [2.05, 4.69) is 32.7 Å². The van der Waals surface area contributed by atoms with Gasteiger partial charge >= 0.3 is 6.03 Å². The van der Waals surface area contributed by atoms with Crippen molar-refractivity contribution in [2.45, 2.75) is 26.8 Å². The topological polar surface area (TPSA) is 76.8 Å². The van der Waals surface area contributed by atoms with E-state index < -0.39 is 0 Å². The van der Waals surface area contributed by atoms with Crippen molar-refractivity contribution in [3.63, 3.8) is 0 Å². The predicted octanol–water partition coefficient (Wildman–Crippen LogP) is 5.67. The Bertz CT molecular complexity index is 1460. The van der Waals surface area contributed by atoms with Crippen LogP contribution in [0.25, 0.3) is 31.8 Å². The number of carbonyl (C=O) groups is 1. The molecular weight excluding hydrogens is 420 g/mol. The van der Waals surface area contributed by atoms with Gasteiger partial charge in [-0.2, -0.15) is 0 Å². The monoisotopic (exact) mass is 444 g/mol. The number of rotatable bonds is 4. The number of thiophene rings is 1. The summed E-state index contributed by atoms with van der Waals surface area (Å²) in [5.41, 5.74) is 4.68. The number of anilines is 2. The fourth-order valence-corrected chi connectivity index (χ4v) is 5.04. The number of hydrogen-bond acceptors (Lipinski definition) is 5. The molecule has 5 rings (SSSR count). The van der Waals surface area contributed by atoms with Crippen molar-refractivity contribution in [1.82, 2.24) is 24.4 Å². The first-order valence-corrected chi connectivity index (χ1v) is 11.3. The summed E-state index contributed by atoms with van der Waals surface area (Å²) in [6, 6.07) is 12.1. The first-order chi connectivity index (χ1) is 15.4. The zero-order valence-corrected chi connectivity index (χ0v) is 19.2. The molecular formula is C24H24N6OS. The summed E-state index contributed by atoms with van der Waals surface area (Å²) in [6.45, 7) is 5.87. The normalized spacial score (nSPS) is 11.5. The van der Waals surface area contributed by atoms with Crippen LogP contribution >= 0.6 is 11.3 Å². The number of nitrogens with zero attached hydrogens (tertiary/aromatic N) is 4. The lowest BCUT2D eigenvalue weighted by atomic mass is 10.2. The van der Waals surface area contributed by atoms with Crippen molar-refractivity contribution in [2.75, 3.05) is 5.32 Å². The highest BCUT2D eigenvalue weighted by atomic mass is 32.1. The van der Waals surface area contributed by atoms with Gasteiger partial charge < -0.3 is 15.2 Å². The van der Waals surface area contributed by atoms with E-state index in [1.807, 2.05) is 69.0 Å². The van der Waals surface area contributed by atoms with Crippen LogP contribution in [0.2, 0.25) is 0 Å². The summed E-state index contributed by atoms with van der Waals surface area (Å²) in [7, 11) is 1.99. The van der Waals surface area contributed by atoms with E-state index in [1.54, 1.807) is 22.1 Å². The van der Waals surface area contributed by atoms with Gasteiger partial charge in [0.15, 0.2) is 0 Å². The van der Waals surface area contributed by atoms with Gasteiger partial charge in [-0.05, 0) is 57.2 Å². The SMILES string of the molecule is Cc1cc2cc(Nc3ccnc4cc(-c5nccn5C)sc34)ccc2n1C(=O)NC(C)C. The van der Waals surface area contributed by atoms with Gasteiger partial charge in [-0.3, -0.25) is 9.55 Å². The number of aromatic nitrogens is 4. The Kier molecular flexibility index (Phi) is 4.94. The maximum atomic E-state index is 12.6. The Morgan fingerprint density at radius 1 is 1.09 bits per heavy atom. The Morgan fingerprint density at radius 2 is 1.94 bits per heavy atom. The number of pyridine rings is 1. The third-order valence-electron chi connectivity index (χ3n) is 5.33. The molecule has 7 nitrogen and oxygen atoms in total. The molecule has 2 N–H and O–H groups in total. The van der Waals surface area contributed by atoms with Crippen LogP contribution < -0.4 is 10.6 Å². The molecule has 0 atom stereocenters. The Balaban J connectivity index is 1.50. The van der Waals surface area contributed by atoms with Crippen molar-refractivity contribution >= 4 is 49.9 Å². The smallest absolute Gasteiger partial charge is 0.326 e. The van der Waals surface area contributed by atoms with Gasteiger partial charge in [-0.1, -0.05) is 0 Å². The van der Waals surface area contributed by atoms with E-state index in [0.717, 1.165) is 48.9 Å². The third kappa shape index (κ3) is 3.52. The average Bonchev–Trinajstić information content (AvgIpc) is 3.43. The Hall–Kier alpha value is -3.65. The molecule has 0 fully saturated rings. The fraction of sp³-hybridized carbons (Fsp3) is 0.208.